The van der Waals surface area contributed by atoms with Crippen molar-refractivity contribution in [3.8, 4) is 5.75 Å². The molecular formula is C13H12O5. The first kappa shape index (κ1) is 12.2. The summed E-state index contributed by atoms with van der Waals surface area (Å²) in [4.78, 5) is 22.2. The minimum Gasteiger partial charge on any atom is -0.493 e. The summed E-state index contributed by atoms with van der Waals surface area (Å²) >= 11 is 0. The van der Waals surface area contributed by atoms with Crippen molar-refractivity contribution >= 4 is 16.9 Å². The molecule has 0 atom stereocenters. The van der Waals surface area contributed by atoms with E-state index in [9.17, 15) is 9.59 Å². The second kappa shape index (κ2) is 4.91. The third-order valence-electron chi connectivity index (χ3n) is 2.41. The Kier molecular flexibility index (Phi) is 3.32. The lowest BCUT2D eigenvalue weighted by Gasteiger charge is -2.05. The van der Waals surface area contributed by atoms with Crippen LogP contribution < -0.4 is 10.4 Å². The molecule has 0 aliphatic rings. The molecule has 0 radical (unpaired) electrons. The first-order valence-corrected chi connectivity index (χ1v) is 5.56. The Hall–Kier alpha value is -2.30. The molecule has 0 bridgehead atoms. The SMILES string of the molecule is CCCOc1ccc2cc(C(=O)O)c(=O)oc2c1. The van der Waals surface area contributed by atoms with Crippen molar-refractivity contribution in [3.05, 3.63) is 40.2 Å². The number of hydrogen-bond acceptors (Lipinski definition) is 4. The molecule has 0 fully saturated rings. The van der Waals surface area contributed by atoms with Crippen LogP contribution in [0.5, 0.6) is 5.75 Å². The Labute approximate surface area is 103 Å². The maximum Gasteiger partial charge on any atom is 0.351 e. The number of fused-ring (bicyclic) bond motifs is 1. The summed E-state index contributed by atoms with van der Waals surface area (Å²) in [5.74, 6) is -0.701. The Balaban J connectivity index is 2.49. The number of carboxylic acids is 1. The highest BCUT2D eigenvalue weighted by Crippen LogP contribution is 2.20. The van der Waals surface area contributed by atoms with Gasteiger partial charge in [-0.3, -0.25) is 0 Å². The average Bonchev–Trinajstić information content (AvgIpc) is 2.34. The van der Waals surface area contributed by atoms with Gasteiger partial charge in [-0.2, -0.15) is 0 Å². The van der Waals surface area contributed by atoms with Crippen LogP contribution in [0.3, 0.4) is 0 Å². The van der Waals surface area contributed by atoms with Gasteiger partial charge in [0, 0.05) is 11.5 Å². The molecule has 0 aliphatic heterocycles. The van der Waals surface area contributed by atoms with Crippen LogP contribution in [0.15, 0.2) is 33.5 Å². The molecule has 5 nitrogen and oxygen atoms in total. The number of carboxylic acid groups (broad SMARTS) is 1. The summed E-state index contributed by atoms with van der Waals surface area (Å²) in [5.41, 5.74) is -0.911. The van der Waals surface area contributed by atoms with Crippen molar-refractivity contribution < 1.29 is 19.1 Å². The zero-order valence-electron chi connectivity index (χ0n) is 9.80. The molecule has 0 unspecified atom stereocenters. The van der Waals surface area contributed by atoms with Crippen LogP contribution in [0.25, 0.3) is 11.0 Å². The third-order valence-corrected chi connectivity index (χ3v) is 2.41. The van der Waals surface area contributed by atoms with Crippen LogP contribution in [-0.2, 0) is 0 Å². The monoisotopic (exact) mass is 248 g/mol. The Morgan fingerprint density at radius 2 is 2.17 bits per heavy atom. The van der Waals surface area contributed by atoms with Crippen LogP contribution in [0.2, 0.25) is 0 Å². The molecule has 1 N–H and O–H groups in total. The number of carbonyl (C=O) groups is 1. The van der Waals surface area contributed by atoms with E-state index in [1.54, 1.807) is 18.2 Å². The van der Waals surface area contributed by atoms with E-state index in [1.807, 2.05) is 6.92 Å². The van der Waals surface area contributed by atoms with Gasteiger partial charge in [-0.05, 0) is 24.6 Å². The Morgan fingerprint density at radius 3 is 2.83 bits per heavy atom. The van der Waals surface area contributed by atoms with Crippen LogP contribution in [0.1, 0.15) is 23.7 Å². The fraction of sp³-hybridized carbons (Fsp3) is 0.231. The van der Waals surface area contributed by atoms with Gasteiger partial charge in [0.05, 0.1) is 6.61 Å². The quantitative estimate of drug-likeness (QED) is 0.840. The highest BCUT2D eigenvalue weighted by molar-refractivity contribution is 5.91. The highest BCUT2D eigenvalue weighted by atomic mass is 16.5. The van der Waals surface area contributed by atoms with E-state index in [-0.39, 0.29) is 5.56 Å². The lowest BCUT2D eigenvalue weighted by molar-refractivity contribution is 0.0692. The summed E-state index contributed by atoms with van der Waals surface area (Å²) in [6.07, 6.45) is 0.875. The predicted octanol–water partition coefficient (Wildman–Crippen LogP) is 2.28. The molecule has 18 heavy (non-hydrogen) atoms. The summed E-state index contributed by atoms with van der Waals surface area (Å²) in [5, 5.41) is 9.36. The van der Waals surface area contributed by atoms with Gasteiger partial charge < -0.3 is 14.3 Å². The third kappa shape index (κ3) is 2.34. The molecule has 0 aliphatic carbocycles. The first-order valence-electron chi connectivity index (χ1n) is 5.56. The van der Waals surface area contributed by atoms with E-state index in [1.165, 1.54) is 6.07 Å². The molecule has 94 valence electrons. The van der Waals surface area contributed by atoms with Crippen molar-refractivity contribution in [1.82, 2.24) is 0 Å². The van der Waals surface area contributed by atoms with E-state index < -0.39 is 11.6 Å². The van der Waals surface area contributed by atoms with E-state index in [0.29, 0.717) is 23.3 Å². The molecule has 2 rings (SSSR count). The van der Waals surface area contributed by atoms with Crippen LogP contribution in [0, 0.1) is 0 Å². The topological polar surface area (TPSA) is 76.7 Å². The summed E-state index contributed by atoms with van der Waals surface area (Å²) < 4.78 is 10.4. The molecule has 5 heteroatoms. The molecule has 1 heterocycles. The molecule has 2 aromatic rings. The van der Waals surface area contributed by atoms with Gasteiger partial charge in [0.15, 0.2) is 0 Å². The highest BCUT2D eigenvalue weighted by Gasteiger charge is 2.12. The van der Waals surface area contributed by atoms with E-state index in [4.69, 9.17) is 14.3 Å². The van der Waals surface area contributed by atoms with Gasteiger partial charge >= 0.3 is 11.6 Å². The number of rotatable bonds is 4. The second-order valence-electron chi connectivity index (χ2n) is 3.80. The standard InChI is InChI=1S/C13H12O5/c1-2-5-17-9-4-3-8-6-10(12(14)15)13(16)18-11(8)7-9/h3-4,6-7H,2,5H2,1H3,(H,14,15). The number of ether oxygens (including phenoxy) is 1. The predicted molar refractivity (Wildman–Crippen MR) is 65.2 cm³/mol. The minimum atomic E-state index is -1.29. The zero-order valence-corrected chi connectivity index (χ0v) is 9.80. The van der Waals surface area contributed by atoms with Gasteiger partial charge in [0.1, 0.15) is 16.9 Å². The maximum atomic E-state index is 11.4. The lowest BCUT2D eigenvalue weighted by atomic mass is 10.2. The Bertz CT molecular complexity index is 641. The number of benzene rings is 1. The maximum absolute atomic E-state index is 11.4. The van der Waals surface area contributed by atoms with Crippen LogP contribution >= 0.6 is 0 Å². The van der Waals surface area contributed by atoms with Gasteiger partial charge in [-0.1, -0.05) is 6.92 Å². The molecule has 1 aromatic heterocycles. The van der Waals surface area contributed by atoms with E-state index >= 15 is 0 Å². The number of aromatic carboxylic acids is 1. The van der Waals surface area contributed by atoms with E-state index in [2.05, 4.69) is 0 Å². The summed E-state index contributed by atoms with van der Waals surface area (Å²) in [6.45, 7) is 2.56. The second-order valence-corrected chi connectivity index (χ2v) is 3.80. The van der Waals surface area contributed by atoms with Crippen molar-refractivity contribution in [2.24, 2.45) is 0 Å². The minimum absolute atomic E-state index is 0.318. The fourth-order valence-electron chi connectivity index (χ4n) is 1.55. The average molecular weight is 248 g/mol. The molecule has 0 amide bonds. The van der Waals surface area contributed by atoms with Gasteiger partial charge in [0.2, 0.25) is 0 Å². The normalized spacial score (nSPS) is 10.5. The smallest absolute Gasteiger partial charge is 0.351 e. The summed E-state index contributed by atoms with van der Waals surface area (Å²) in [6, 6.07) is 6.25. The fourth-order valence-corrected chi connectivity index (χ4v) is 1.55. The molecule has 0 saturated heterocycles. The molecule has 0 saturated carbocycles. The van der Waals surface area contributed by atoms with Gasteiger partial charge in [-0.25, -0.2) is 9.59 Å². The van der Waals surface area contributed by atoms with Crippen molar-refractivity contribution in [2.45, 2.75) is 13.3 Å². The zero-order chi connectivity index (χ0) is 13.1. The molecule has 1 aromatic carbocycles. The molecular weight excluding hydrogens is 236 g/mol. The van der Waals surface area contributed by atoms with Crippen molar-refractivity contribution in [2.75, 3.05) is 6.61 Å². The van der Waals surface area contributed by atoms with Crippen LogP contribution in [0.4, 0.5) is 0 Å². The Morgan fingerprint density at radius 1 is 1.39 bits per heavy atom. The van der Waals surface area contributed by atoms with Crippen molar-refractivity contribution in [1.29, 1.82) is 0 Å². The van der Waals surface area contributed by atoms with Gasteiger partial charge in [0.25, 0.3) is 0 Å². The largest absolute Gasteiger partial charge is 0.493 e. The molecule has 0 spiro atoms. The summed E-state index contributed by atoms with van der Waals surface area (Å²) in [7, 11) is 0. The van der Waals surface area contributed by atoms with E-state index in [0.717, 1.165) is 6.42 Å². The number of hydrogen-bond donors (Lipinski definition) is 1. The van der Waals surface area contributed by atoms with Gasteiger partial charge in [-0.15, -0.1) is 0 Å². The first-order chi connectivity index (χ1) is 8.61. The van der Waals surface area contributed by atoms with Crippen molar-refractivity contribution in [3.63, 3.8) is 0 Å². The lowest BCUT2D eigenvalue weighted by Crippen LogP contribution is -2.12. The van der Waals surface area contributed by atoms with Crippen LogP contribution in [-0.4, -0.2) is 17.7 Å².